The molecule has 4 nitrogen and oxygen atoms in total. The van der Waals surface area contributed by atoms with Gasteiger partial charge in [-0.15, -0.1) is 0 Å². The van der Waals surface area contributed by atoms with Crippen LogP contribution in [0.4, 0.5) is 0 Å². The molecule has 1 aliphatic heterocycles. The highest BCUT2D eigenvalue weighted by molar-refractivity contribution is 7.81. The Bertz CT molecular complexity index is 467. The molecule has 106 valence electrons. The van der Waals surface area contributed by atoms with E-state index in [0.717, 1.165) is 5.56 Å². The molecular formula is C11H14Cl2O4P2. The maximum atomic E-state index is 11.6. The fourth-order valence-electron chi connectivity index (χ4n) is 1.76. The summed E-state index contributed by atoms with van der Waals surface area (Å²) in [5.74, 6) is 0. The van der Waals surface area contributed by atoms with Crippen LogP contribution >= 0.6 is 37.2 Å². The van der Waals surface area contributed by atoms with Gasteiger partial charge in [0.15, 0.2) is 0 Å². The first-order valence-electron chi connectivity index (χ1n) is 5.43. The molecule has 0 aliphatic carbocycles. The molecule has 1 heterocycles. The van der Waals surface area contributed by atoms with Gasteiger partial charge in [-0.1, -0.05) is 44.2 Å². The van der Waals surface area contributed by atoms with Crippen molar-refractivity contribution in [2.45, 2.75) is 20.0 Å². The molecule has 1 saturated heterocycles. The van der Waals surface area contributed by atoms with E-state index in [2.05, 4.69) is 11.2 Å². The van der Waals surface area contributed by atoms with Crippen LogP contribution in [0.5, 0.6) is 0 Å². The third-order valence-corrected chi connectivity index (χ3v) is 4.07. The zero-order valence-electron chi connectivity index (χ0n) is 10.5. The highest BCUT2D eigenvalue weighted by atomic mass is 35.7. The Morgan fingerprint density at radius 2 is 1.89 bits per heavy atom. The van der Waals surface area contributed by atoms with E-state index < -0.39 is 6.95 Å². The van der Waals surface area contributed by atoms with E-state index >= 15 is 0 Å². The Balaban J connectivity index is 0.000000550. The van der Waals surface area contributed by atoms with Crippen molar-refractivity contribution in [3.05, 3.63) is 35.9 Å². The van der Waals surface area contributed by atoms with Crippen LogP contribution in [0.15, 0.2) is 30.3 Å². The van der Waals surface area contributed by atoms with E-state index in [9.17, 15) is 4.57 Å². The van der Waals surface area contributed by atoms with Crippen molar-refractivity contribution >= 4 is 37.2 Å². The summed E-state index contributed by atoms with van der Waals surface area (Å²) in [6.07, 6.45) is -0.300. The van der Waals surface area contributed by atoms with Crippen molar-refractivity contribution in [2.24, 2.45) is 5.41 Å². The van der Waals surface area contributed by atoms with Crippen LogP contribution in [0.3, 0.4) is 0 Å². The van der Waals surface area contributed by atoms with E-state index in [1.54, 1.807) is 0 Å². The van der Waals surface area contributed by atoms with Gasteiger partial charge >= 0.3 is 6.95 Å². The molecule has 1 fully saturated rings. The first kappa shape index (κ1) is 17.1. The van der Waals surface area contributed by atoms with Gasteiger partial charge < -0.3 is 0 Å². The molecule has 2 atom stereocenters. The normalized spacial score (nSPS) is 29.4. The largest absolute Gasteiger partial charge is 0.424 e. The summed E-state index contributed by atoms with van der Waals surface area (Å²) in [5, 5.41) is 0. The molecule has 1 aliphatic rings. The Labute approximate surface area is 123 Å². The minimum atomic E-state index is -3.42. The van der Waals surface area contributed by atoms with Gasteiger partial charge in [0.25, 0.3) is 7.81 Å². The second-order valence-corrected chi connectivity index (χ2v) is 7.78. The van der Waals surface area contributed by atoms with Crippen LogP contribution in [0.25, 0.3) is 0 Å². The Kier molecular flexibility index (Phi) is 6.46. The molecular weight excluding hydrogens is 329 g/mol. The SMILES string of the molecule is CC1(C)COP(=O)(Cl)OC1c1ccccc1.O=PCl. The highest BCUT2D eigenvalue weighted by Crippen LogP contribution is 2.63. The predicted molar refractivity (Wildman–Crippen MR) is 76.9 cm³/mol. The van der Waals surface area contributed by atoms with Gasteiger partial charge in [0.05, 0.1) is 6.61 Å². The van der Waals surface area contributed by atoms with Crippen LogP contribution in [0.1, 0.15) is 25.5 Å². The summed E-state index contributed by atoms with van der Waals surface area (Å²) < 4.78 is 30.7. The maximum absolute atomic E-state index is 11.6. The molecule has 8 heteroatoms. The van der Waals surface area contributed by atoms with Crippen LogP contribution < -0.4 is 0 Å². The smallest absolute Gasteiger partial charge is 0.296 e. The van der Waals surface area contributed by atoms with Crippen LogP contribution in [0, 0.1) is 5.41 Å². The van der Waals surface area contributed by atoms with E-state index in [1.165, 1.54) is 0 Å². The Hall–Kier alpha value is 0.0500. The van der Waals surface area contributed by atoms with E-state index in [1.807, 2.05) is 44.2 Å². The molecule has 0 aromatic heterocycles. The lowest BCUT2D eigenvalue weighted by atomic mass is 9.83. The van der Waals surface area contributed by atoms with Crippen molar-refractivity contribution in [3.63, 3.8) is 0 Å². The molecule has 1 aromatic rings. The summed E-state index contributed by atoms with van der Waals surface area (Å²) in [5.41, 5.74) is 0.723. The van der Waals surface area contributed by atoms with Gasteiger partial charge in [-0.3, -0.25) is 13.6 Å². The predicted octanol–water partition coefficient (Wildman–Crippen LogP) is 5.58. The van der Waals surface area contributed by atoms with Crippen molar-refractivity contribution in [1.82, 2.24) is 0 Å². The summed E-state index contributed by atoms with van der Waals surface area (Å²) in [7, 11) is -0.361. The molecule has 0 amide bonds. The van der Waals surface area contributed by atoms with Crippen molar-refractivity contribution in [3.8, 4) is 0 Å². The third kappa shape index (κ3) is 5.15. The number of hydrogen-bond acceptors (Lipinski definition) is 4. The summed E-state index contributed by atoms with van der Waals surface area (Å²) >= 11 is 10.1. The zero-order valence-corrected chi connectivity index (χ0v) is 13.8. The van der Waals surface area contributed by atoms with Gasteiger partial charge in [0, 0.05) is 16.7 Å². The topological polar surface area (TPSA) is 52.6 Å². The maximum Gasteiger partial charge on any atom is 0.424 e. The monoisotopic (exact) mass is 342 g/mol. The van der Waals surface area contributed by atoms with Crippen molar-refractivity contribution in [2.75, 3.05) is 6.61 Å². The standard InChI is InChI=1S/C11H14ClO3P.ClOP/c1-11(2)8-14-16(12,13)15-10(11)9-6-4-3-5-7-9;1-3-2/h3-7,10H,8H2,1-2H3;. The molecule has 19 heavy (non-hydrogen) atoms. The Morgan fingerprint density at radius 3 is 2.42 bits per heavy atom. The van der Waals surface area contributed by atoms with Gasteiger partial charge in [0.1, 0.15) is 6.10 Å². The van der Waals surface area contributed by atoms with E-state index in [0.29, 0.717) is 6.61 Å². The summed E-state index contributed by atoms with van der Waals surface area (Å²) in [6, 6.07) is 9.64. The zero-order chi connectivity index (χ0) is 14.5. The summed E-state index contributed by atoms with van der Waals surface area (Å²) in [6.45, 7) is 0.912. The second-order valence-electron chi connectivity index (χ2n) is 4.66. The second kappa shape index (κ2) is 7.17. The average molecular weight is 343 g/mol. The minimum absolute atomic E-state index is 0.246. The molecule has 0 spiro atoms. The number of hydrogen-bond donors (Lipinski definition) is 0. The molecule has 0 bridgehead atoms. The third-order valence-electron chi connectivity index (χ3n) is 2.63. The highest BCUT2D eigenvalue weighted by Gasteiger charge is 2.44. The summed E-state index contributed by atoms with van der Waals surface area (Å²) in [4.78, 5) is 0. The fourth-order valence-corrected chi connectivity index (χ4v) is 3.35. The fraction of sp³-hybridized carbons (Fsp3) is 0.455. The van der Waals surface area contributed by atoms with Gasteiger partial charge in [-0.2, -0.15) is 0 Å². The molecule has 0 saturated carbocycles. The molecule has 0 N–H and O–H groups in total. The molecule has 2 rings (SSSR count). The lowest BCUT2D eigenvalue weighted by Gasteiger charge is -2.39. The average Bonchev–Trinajstić information content (AvgIpc) is 2.35. The van der Waals surface area contributed by atoms with E-state index in [4.69, 9.17) is 24.9 Å². The molecule has 2 unspecified atom stereocenters. The first-order chi connectivity index (χ1) is 8.82. The van der Waals surface area contributed by atoms with Gasteiger partial charge in [-0.25, -0.2) is 4.57 Å². The minimum Gasteiger partial charge on any atom is -0.296 e. The number of benzene rings is 1. The van der Waals surface area contributed by atoms with Gasteiger partial charge in [0.2, 0.25) is 0 Å². The van der Waals surface area contributed by atoms with E-state index in [-0.39, 0.29) is 19.3 Å². The van der Waals surface area contributed by atoms with Crippen molar-refractivity contribution in [1.29, 1.82) is 0 Å². The van der Waals surface area contributed by atoms with Crippen molar-refractivity contribution < 1.29 is 18.2 Å². The van der Waals surface area contributed by atoms with Crippen LogP contribution in [0.2, 0.25) is 0 Å². The quantitative estimate of drug-likeness (QED) is 0.625. The van der Waals surface area contributed by atoms with Gasteiger partial charge in [-0.05, 0) is 16.8 Å². The molecule has 1 aromatic carbocycles. The number of halogens is 2. The lowest BCUT2D eigenvalue weighted by Crippen LogP contribution is -2.32. The van der Waals surface area contributed by atoms with Crippen LogP contribution in [-0.2, 0) is 18.2 Å². The lowest BCUT2D eigenvalue weighted by molar-refractivity contribution is -0.0203. The first-order valence-corrected chi connectivity index (χ1v) is 9.60. The van der Waals surface area contributed by atoms with Crippen LogP contribution in [-0.4, -0.2) is 6.61 Å². The number of rotatable bonds is 1. The molecule has 0 radical (unpaired) electrons. The Morgan fingerprint density at radius 1 is 1.37 bits per heavy atom.